The minimum atomic E-state index is -0.126. The van der Waals surface area contributed by atoms with Gasteiger partial charge in [0.2, 0.25) is 0 Å². The molecule has 2 nitrogen and oxygen atoms in total. The number of hydrogen-bond donors (Lipinski definition) is 1. The van der Waals surface area contributed by atoms with E-state index in [1.165, 1.54) is 18.4 Å². The van der Waals surface area contributed by atoms with E-state index in [0.29, 0.717) is 6.54 Å². The summed E-state index contributed by atoms with van der Waals surface area (Å²) in [5.74, 6) is -0.126. The Morgan fingerprint density at radius 2 is 1.76 bits per heavy atom. The molecular formula is C18H21FN2. The zero-order valence-corrected chi connectivity index (χ0v) is 12.4. The summed E-state index contributed by atoms with van der Waals surface area (Å²) >= 11 is 0. The van der Waals surface area contributed by atoms with Crippen molar-refractivity contribution in [3.63, 3.8) is 0 Å². The first kappa shape index (κ1) is 13.9. The second kappa shape index (κ2) is 6.17. The van der Waals surface area contributed by atoms with Gasteiger partial charge in [-0.15, -0.1) is 0 Å². The Morgan fingerprint density at radius 3 is 2.48 bits per heavy atom. The molecule has 0 amide bonds. The molecule has 0 radical (unpaired) electrons. The summed E-state index contributed by atoms with van der Waals surface area (Å²) in [6.45, 7) is 4.63. The lowest BCUT2D eigenvalue weighted by atomic mass is 10.1. The fourth-order valence-corrected chi connectivity index (χ4v) is 2.84. The lowest BCUT2D eigenvalue weighted by molar-refractivity contribution is 0.612. The van der Waals surface area contributed by atoms with Crippen molar-refractivity contribution < 1.29 is 4.39 Å². The molecule has 0 aliphatic carbocycles. The van der Waals surface area contributed by atoms with E-state index in [2.05, 4.69) is 29.3 Å². The second-order valence-corrected chi connectivity index (χ2v) is 5.65. The van der Waals surface area contributed by atoms with Gasteiger partial charge in [0.15, 0.2) is 0 Å². The zero-order valence-electron chi connectivity index (χ0n) is 12.4. The summed E-state index contributed by atoms with van der Waals surface area (Å²) in [6.07, 6.45) is 2.39. The van der Waals surface area contributed by atoms with Crippen molar-refractivity contribution in [2.24, 2.45) is 0 Å². The van der Waals surface area contributed by atoms with E-state index < -0.39 is 0 Å². The molecule has 21 heavy (non-hydrogen) atoms. The minimum Gasteiger partial charge on any atom is -0.381 e. The Hall–Kier alpha value is -2.03. The Kier molecular flexibility index (Phi) is 4.09. The van der Waals surface area contributed by atoms with Crippen molar-refractivity contribution in [2.45, 2.75) is 26.3 Å². The lowest BCUT2D eigenvalue weighted by Gasteiger charge is -2.22. The number of nitrogens with one attached hydrogen (secondary N) is 1. The van der Waals surface area contributed by atoms with Crippen LogP contribution in [0.5, 0.6) is 0 Å². The summed E-state index contributed by atoms with van der Waals surface area (Å²) < 4.78 is 14.2. The van der Waals surface area contributed by atoms with Crippen LogP contribution in [0.15, 0.2) is 42.5 Å². The maximum atomic E-state index is 14.2. The molecule has 1 N–H and O–H groups in total. The molecule has 0 atom stereocenters. The summed E-state index contributed by atoms with van der Waals surface area (Å²) in [4.78, 5) is 2.29. The Bertz CT molecular complexity index is 601. The molecule has 1 fully saturated rings. The van der Waals surface area contributed by atoms with Gasteiger partial charge in [0, 0.05) is 36.6 Å². The number of rotatable bonds is 4. The molecule has 1 aliphatic rings. The molecule has 0 bridgehead atoms. The summed E-state index contributed by atoms with van der Waals surface area (Å²) in [5.41, 5.74) is 4.05. The normalized spacial score (nSPS) is 14.5. The van der Waals surface area contributed by atoms with Crippen LogP contribution in [0.3, 0.4) is 0 Å². The molecule has 1 aliphatic heterocycles. The van der Waals surface area contributed by atoms with Crippen LogP contribution < -0.4 is 10.2 Å². The fraction of sp³-hybridized carbons (Fsp3) is 0.333. The van der Waals surface area contributed by atoms with E-state index in [0.717, 1.165) is 30.0 Å². The average molecular weight is 284 g/mol. The smallest absolute Gasteiger partial charge is 0.130 e. The SMILES string of the molecule is Cc1ccc(NCc2c(F)cccc2N2CCCC2)cc1. The highest BCUT2D eigenvalue weighted by Gasteiger charge is 2.17. The number of aryl methyl sites for hydroxylation is 1. The first-order chi connectivity index (χ1) is 10.2. The highest BCUT2D eigenvalue weighted by molar-refractivity contribution is 5.56. The molecule has 3 heteroatoms. The van der Waals surface area contributed by atoms with Crippen molar-refractivity contribution in [1.29, 1.82) is 0 Å². The maximum absolute atomic E-state index is 14.2. The quantitative estimate of drug-likeness (QED) is 0.898. The molecule has 1 saturated heterocycles. The second-order valence-electron chi connectivity index (χ2n) is 5.65. The van der Waals surface area contributed by atoms with E-state index in [-0.39, 0.29) is 5.82 Å². The topological polar surface area (TPSA) is 15.3 Å². The van der Waals surface area contributed by atoms with Gasteiger partial charge in [0.05, 0.1) is 0 Å². The van der Waals surface area contributed by atoms with E-state index in [4.69, 9.17) is 0 Å². The van der Waals surface area contributed by atoms with Crippen molar-refractivity contribution in [3.05, 3.63) is 59.4 Å². The van der Waals surface area contributed by atoms with Crippen molar-refractivity contribution in [1.82, 2.24) is 0 Å². The number of benzene rings is 2. The van der Waals surface area contributed by atoms with Crippen LogP contribution in [0.1, 0.15) is 24.0 Å². The first-order valence-corrected chi connectivity index (χ1v) is 7.57. The number of nitrogens with zero attached hydrogens (tertiary/aromatic N) is 1. The predicted molar refractivity (Wildman–Crippen MR) is 86.4 cm³/mol. The van der Waals surface area contributed by atoms with Crippen LogP contribution in [0.25, 0.3) is 0 Å². The van der Waals surface area contributed by atoms with E-state index in [9.17, 15) is 4.39 Å². The van der Waals surface area contributed by atoms with Crippen LogP contribution >= 0.6 is 0 Å². The molecule has 110 valence electrons. The van der Waals surface area contributed by atoms with Crippen molar-refractivity contribution in [2.75, 3.05) is 23.3 Å². The summed E-state index contributed by atoms with van der Waals surface area (Å²) in [7, 11) is 0. The number of anilines is 2. The molecular weight excluding hydrogens is 263 g/mol. The van der Waals surface area contributed by atoms with E-state index in [1.807, 2.05) is 18.2 Å². The lowest BCUT2D eigenvalue weighted by Crippen LogP contribution is -2.20. The molecule has 2 aromatic rings. The van der Waals surface area contributed by atoms with Gasteiger partial charge in [-0.1, -0.05) is 23.8 Å². The number of halogens is 1. The standard InChI is InChI=1S/C18H21FN2/c1-14-7-9-15(10-8-14)20-13-16-17(19)5-4-6-18(16)21-11-2-3-12-21/h4-10,20H,2-3,11-13H2,1H3. The van der Waals surface area contributed by atoms with Gasteiger partial charge in [0.25, 0.3) is 0 Å². The van der Waals surface area contributed by atoms with Crippen LogP contribution in [-0.4, -0.2) is 13.1 Å². The first-order valence-electron chi connectivity index (χ1n) is 7.57. The number of hydrogen-bond acceptors (Lipinski definition) is 2. The molecule has 0 aromatic heterocycles. The van der Waals surface area contributed by atoms with Crippen LogP contribution in [0.4, 0.5) is 15.8 Å². The Morgan fingerprint density at radius 1 is 1.05 bits per heavy atom. The third-order valence-electron chi connectivity index (χ3n) is 4.06. The summed E-state index contributed by atoms with van der Waals surface area (Å²) in [6, 6.07) is 13.6. The third kappa shape index (κ3) is 3.18. The van der Waals surface area contributed by atoms with Crippen LogP contribution in [0.2, 0.25) is 0 Å². The molecule has 2 aromatic carbocycles. The molecule has 3 rings (SSSR count). The van der Waals surface area contributed by atoms with Gasteiger partial charge >= 0.3 is 0 Å². The van der Waals surface area contributed by atoms with E-state index >= 15 is 0 Å². The largest absolute Gasteiger partial charge is 0.381 e. The summed E-state index contributed by atoms with van der Waals surface area (Å²) in [5, 5.41) is 3.33. The van der Waals surface area contributed by atoms with Gasteiger partial charge in [-0.25, -0.2) is 4.39 Å². The van der Waals surface area contributed by atoms with Gasteiger partial charge in [-0.05, 0) is 44.0 Å². The van der Waals surface area contributed by atoms with E-state index in [1.54, 1.807) is 12.1 Å². The molecule has 0 spiro atoms. The Balaban J connectivity index is 1.79. The van der Waals surface area contributed by atoms with Crippen molar-refractivity contribution >= 4 is 11.4 Å². The predicted octanol–water partition coefficient (Wildman–Crippen LogP) is 4.35. The highest BCUT2D eigenvalue weighted by atomic mass is 19.1. The molecule has 0 saturated carbocycles. The monoisotopic (exact) mass is 284 g/mol. The minimum absolute atomic E-state index is 0.126. The van der Waals surface area contributed by atoms with Crippen molar-refractivity contribution in [3.8, 4) is 0 Å². The van der Waals surface area contributed by atoms with Gasteiger partial charge in [0.1, 0.15) is 5.82 Å². The third-order valence-corrected chi connectivity index (χ3v) is 4.06. The van der Waals surface area contributed by atoms with Gasteiger partial charge < -0.3 is 10.2 Å². The van der Waals surface area contributed by atoms with Crippen LogP contribution in [-0.2, 0) is 6.54 Å². The maximum Gasteiger partial charge on any atom is 0.130 e. The van der Waals surface area contributed by atoms with Crippen LogP contribution in [0, 0.1) is 12.7 Å². The van der Waals surface area contributed by atoms with Gasteiger partial charge in [-0.3, -0.25) is 0 Å². The Labute approximate surface area is 125 Å². The average Bonchev–Trinajstić information content (AvgIpc) is 3.01. The van der Waals surface area contributed by atoms with Gasteiger partial charge in [-0.2, -0.15) is 0 Å². The fourth-order valence-electron chi connectivity index (χ4n) is 2.84. The molecule has 0 unspecified atom stereocenters. The zero-order chi connectivity index (χ0) is 14.7. The highest BCUT2D eigenvalue weighted by Crippen LogP contribution is 2.27. The molecule has 1 heterocycles.